The average molecular weight is 308 g/mol. The predicted octanol–water partition coefficient (Wildman–Crippen LogP) is 1.58. The van der Waals surface area contributed by atoms with E-state index in [9.17, 15) is 13.2 Å². The van der Waals surface area contributed by atoms with Crippen molar-refractivity contribution >= 4 is 22.0 Å². The maximum atomic E-state index is 11.7. The normalized spacial score (nSPS) is 20.8. The number of nitrogens with zero attached hydrogens (tertiary/aromatic N) is 1. The van der Waals surface area contributed by atoms with Crippen LogP contribution in [0.25, 0.3) is 0 Å². The molecule has 1 saturated heterocycles. The lowest BCUT2D eigenvalue weighted by molar-refractivity contribution is -0.121. The highest BCUT2D eigenvalue weighted by Crippen LogP contribution is 2.21. The molecule has 1 aliphatic heterocycles. The molecule has 0 saturated carbocycles. The Labute approximate surface area is 125 Å². The van der Waals surface area contributed by atoms with Crippen molar-refractivity contribution in [3.63, 3.8) is 0 Å². The molecule has 1 aromatic rings. The van der Waals surface area contributed by atoms with Crippen molar-refractivity contribution in [3.8, 4) is 0 Å². The van der Waals surface area contributed by atoms with E-state index in [1.165, 1.54) is 5.56 Å². The van der Waals surface area contributed by atoms with Crippen LogP contribution in [-0.2, 0) is 14.6 Å². The van der Waals surface area contributed by atoms with Crippen LogP contribution in [0.4, 0.5) is 0 Å². The molecule has 0 bridgehead atoms. The fraction of sp³-hybridized carbons (Fsp3) is 0.467. The van der Waals surface area contributed by atoms with Gasteiger partial charge in [-0.25, -0.2) is 13.8 Å². The Morgan fingerprint density at radius 2 is 2.19 bits per heavy atom. The van der Waals surface area contributed by atoms with Crippen LogP contribution in [0.3, 0.4) is 0 Å². The Kier molecular flexibility index (Phi) is 4.77. The Morgan fingerprint density at radius 1 is 1.43 bits per heavy atom. The summed E-state index contributed by atoms with van der Waals surface area (Å²) in [6.45, 7) is 4.00. The minimum atomic E-state index is -2.93. The number of hydrogen-bond acceptors (Lipinski definition) is 4. The highest BCUT2D eigenvalue weighted by atomic mass is 32.2. The quantitative estimate of drug-likeness (QED) is 0.678. The minimum absolute atomic E-state index is 0.0775. The minimum Gasteiger partial charge on any atom is -0.273 e. The van der Waals surface area contributed by atoms with E-state index in [4.69, 9.17) is 0 Å². The number of carbonyl (C=O) groups is 1. The standard InChI is InChI=1S/C15H20N2O3S/c1-11-3-4-14(12(2)7-11)9-16-17-15(18)8-13-5-6-21(19,20)10-13/h3-4,7,9,13H,5-6,8,10H2,1-2H3,(H,17,18)/b16-9-/t13-/m1/s1. The van der Waals surface area contributed by atoms with E-state index < -0.39 is 9.84 Å². The van der Waals surface area contributed by atoms with Crippen molar-refractivity contribution in [1.82, 2.24) is 5.43 Å². The second kappa shape index (κ2) is 6.39. The van der Waals surface area contributed by atoms with Crippen LogP contribution in [0.1, 0.15) is 29.5 Å². The molecule has 114 valence electrons. The zero-order valence-electron chi connectivity index (χ0n) is 12.3. The van der Waals surface area contributed by atoms with E-state index in [0.717, 1.165) is 11.1 Å². The third-order valence-electron chi connectivity index (χ3n) is 3.62. The SMILES string of the molecule is Cc1ccc(/C=N\NC(=O)C[C@H]2CCS(=O)(=O)C2)c(C)c1. The molecule has 1 aromatic carbocycles. The molecular weight excluding hydrogens is 288 g/mol. The monoisotopic (exact) mass is 308 g/mol. The van der Waals surface area contributed by atoms with E-state index >= 15 is 0 Å². The van der Waals surface area contributed by atoms with Gasteiger partial charge in [-0.2, -0.15) is 5.10 Å². The first-order valence-electron chi connectivity index (χ1n) is 6.95. The topological polar surface area (TPSA) is 75.6 Å². The maximum Gasteiger partial charge on any atom is 0.240 e. The van der Waals surface area contributed by atoms with Crippen molar-refractivity contribution < 1.29 is 13.2 Å². The van der Waals surface area contributed by atoms with Gasteiger partial charge >= 0.3 is 0 Å². The van der Waals surface area contributed by atoms with Crippen LogP contribution in [-0.4, -0.2) is 32.0 Å². The van der Waals surface area contributed by atoms with Crippen molar-refractivity contribution in [3.05, 3.63) is 34.9 Å². The molecule has 1 heterocycles. The molecule has 1 aliphatic rings. The summed E-state index contributed by atoms with van der Waals surface area (Å²) in [5.41, 5.74) is 5.68. The number of nitrogens with one attached hydrogen (secondary N) is 1. The molecule has 0 aliphatic carbocycles. The van der Waals surface area contributed by atoms with Gasteiger partial charge in [0.15, 0.2) is 9.84 Å². The van der Waals surface area contributed by atoms with Crippen LogP contribution < -0.4 is 5.43 Å². The highest BCUT2D eigenvalue weighted by molar-refractivity contribution is 7.91. The van der Waals surface area contributed by atoms with Crippen molar-refractivity contribution in [2.24, 2.45) is 11.0 Å². The van der Waals surface area contributed by atoms with Crippen molar-refractivity contribution in [2.75, 3.05) is 11.5 Å². The van der Waals surface area contributed by atoms with Crippen LogP contribution >= 0.6 is 0 Å². The smallest absolute Gasteiger partial charge is 0.240 e. The zero-order valence-corrected chi connectivity index (χ0v) is 13.1. The summed E-state index contributed by atoms with van der Waals surface area (Å²) in [6, 6.07) is 5.98. The lowest BCUT2D eigenvalue weighted by atomic mass is 10.1. The van der Waals surface area contributed by atoms with Gasteiger partial charge in [-0.15, -0.1) is 0 Å². The number of rotatable bonds is 4. The molecule has 2 rings (SSSR count). The van der Waals surface area contributed by atoms with E-state index in [1.54, 1.807) is 6.21 Å². The summed E-state index contributed by atoms with van der Waals surface area (Å²) in [6.07, 6.45) is 2.39. The highest BCUT2D eigenvalue weighted by Gasteiger charge is 2.29. The van der Waals surface area contributed by atoms with Gasteiger partial charge in [0, 0.05) is 6.42 Å². The largest absolute Gasteiger partial charge is 0.273 e. The van der Waals surface area contributed by atoms with Gasteiger partial charge in [0.2, 0.25) is 5.91 Å². The number of sulfone groups is 1. The van der Waals surface area contributed by atoms with Gasteiger partial charge in [-0.05, 0) is 37.3 Å². The average Bonchev–Trinajstić information content (AvgIpc) is 2.71. The first-order valence-corrected chi connectivity index (χ1v) is 8.77. The van der Waals surface area contributed by atoms with Gasteiger partial charge in [0.05, 0.1) is 17.7 Å². The lowest BCUT2D eigenvalue weighted by Gasteiger charge is -2.05. The molecule has 5 nitrogen and oxygen atoms in total. The third kappa shape index (κ3) is 4.67. The zero-order chi connectivity index (χ0) is 15.5. The molecule has 1 fully saturated rings. The third-order valence-corrected chi connectivity index (χ3v) is 5.46. The second-order valence-electron chi connectivity index (χ2n) is 5.63. The fourth-order valence-electron chi connectivity index (χ4n) is 2.49. The molecule has 1 amide bonds. The summed E-state index contributed by atoms with van der Waals surface area (Å²) in [7, 11) is -2.93. The van der Waals surface area contributed by atoms with Gasteiger partial charge in [-0.1, -0.05) is 23.8 Å². The summed E-state index contributed by atoms with van der Waals surface area (Å²) in [4.78, 5) is 11.7. The number of carbonyl (C=O) groups excluding carboxylic acids is 1. The summed E-state index contributed by atoms with van der Waals surface area (Å²) in [5, 5.41) is 3.94. The van der Waals surface area contributed by atoms with Gasteiger partial charge < -0.3 is 0 Å². The first kappa shape index (κ1) is 15.7. The molecular formula is C15H20N2O3S. The van der Waals surface area contributed by atoms with Crippen molar-refractivity contribution in [2.45, 2.75) is 26.7 Å². The Hall–Kier alpha value is -1.69. The second-order valence-corrected chi connectivity index (χ2v) is 7.86. The molecule has 0 radical (unpaired) electrons. The van der Waals surface area contributed by atoms with Crippen LogP contribution in [0.5, 0.6) is 0 Å². The maximum absolute atomic E-state index is 11.7. The summed E-state index contributed by atoms with van der Waals surface area (Å²) in [5.74, 6) is -0.0118. The fourth-order valence-corrected chi connectivity index (χ4v) is 4.35. The number of hydrazone groups is 1. The molecule has 6 heteroatoms. The molecule has 0 unspecified atom stereocenters. The Bertz CT molecular complexity index is 665. The van der Waals surface area contributed by atoms with E-state index in [2.05, 4.69) is 10.5 Å². The van der Waals surface area contributed by atoms with Gasteiger partial charge in [-0.3, -0.25) is 4.79 Å². The number of aryl methyl sites for hydroxylation is 2. The number of amides is 1. The molecule has 1 N–H and O–H groups in total. The van der Waals surface area contributed by atoms with E-state index in [0.29, 0.717) is 6.42 Å². The summed E-state index contributed by atoms with van der Waals surface area (Å²) >= 11 is 0. The summed E-state index contributed by atoms with van der Waals surface area (Å²) < 4.78 is 22.7. The predicted molar refractivity (Wildman–Crippen MR) is 83.0 cm³/mol. The Balaban J connectivity index is 1.85. The molecule has 0 spiro atoms. The van der Waals surface area contributed by atoms with E-state index in [1.807, 2.05) is 32.0 Å². The van der Waals surface area contributed by atoms with Crippen LogP contribution in [0.15, 0.2) is 23.3 Å². The molecule has 0 aromatic heterocycles. The van der Waals surface area contributed by atoms with Crippen LogP contribution in [0.2, 0.25) is 0 Å². The van der Waals surface area contributed by atoms with Crippen LogP contribution in [0, 0.1) is 19.8 Å². The molecule has 1 atom stereocenters. The number of hydrogen-bond donors (Lipinski definition) is 1. The first-order chi connectivity index (χ1) is 9.85. The van der Waals surface area contributed by atoms with Gasteiger partial charge in [0.1, 0.15) is 0 Å². The lowest BCUT2D eigenvalue weighted by Crippen LogP contribution is -2.21. The Morgan fingerprint density at radius 3 is 2.81 bits per heavy atom. The number of benzene rings is 1. The van der Waals surface area contributed by atoms with Gasteiger partial charge in [0.25, 0.3) is 0 Å². The molecule has 21 heavy (non-hydrogen) atoms. The van der Waals surface area contributed by atoms with Crippen molar-refractivity contribution in [1.29, 1.82) is 0 Å². The van der Waals surface area contributed by atoms with E-state index in [-0.39, 0.29) is 29.8 Å².